The minimum absolute atomic E-state index is 0.420. The van der Waals surface area contributed by atoms with Crippen molar-refractivity contribution in [2.24, 2.45) is 0 Å². The van der Waals surface area contributed by atoms with Gasteiger partial charge in [-0.3, -0.25) is 0 Å². The predicted octanol–water partition coefficient (Wildman–Crippen LogP) is 0.934. The fourth-order valence-electron chi connectivity index (χ4n) is 1.21. The number of benzene rings is 1. The molecule has 0 saturated heterocycles. The summed E-state index contributed by atoms with van der Waals surface area (Å²) in [6.45, 7) is 2.45. The van der Waals surface area contributed by atoms with Gasteiger partial charge in [0.15, 0.2) is 0 Å². The van der Waals surface area contributed by atoms with E-state index in [2.05, 4.69) is 4.72 Å². The Hall–Kier alpha value is -0.910. The molecule has 0 unspecified atom stereocenters. The van der Waals surface area contributed by atoms with Gasteiger partial charge >= 0.3 is 0 Å². The summed E-state index contributed by atoms with van der Waals surface area (Å²) >= 11 is 0. The van der Waals surface area contributed by atoms with Crippen LogP contribution in [0.3, 0.4) is 0 Å². The molecular formula is C11H18N2O2S. The molecule has 0 fully saturated rings. The zero-order valence-corrected chi connectivity index (χ0v) is 10.7. The van der Waals surface area contributed by atoms with E-state index in [0.717, 1.165) is 5.56 Å². The highest BCUT2D eigenvalue weighted by Gasteiger charge is 2.11. The molecule has 0 saturated carbocycles. The first-order valence-corrected chi connectivity index (χ1v) is 6.58. The zero-order chi connectivity index (χ0) is 12.2. The van der Waals surface area contributed by atoms with E-state index in [-0.39, 0.29) is 0 Å². The fraction of sp³-hybridized carbons (Fsp3) is 0.455. The van der Waals surface area contributed by atoms with E-state index in [4.69, 9.17) is 0 Å². The summed E-state index contributed by atoms with van der Waals surface area (Å²) in [6.07, 6.45) is 0.702. The van der Waals surface area contributed by atoms with Crippen molar-refractivity contribution in [3.63, 3.8) is 0 Å². The minimum Gasteiger partial charge on any atom is -0.202 e. The Kier molecular flexibility index (Phi) is 4.46. The smallest absolute Gasteiger partial charge is 0.202 e. The lowest BCUT2D eigenvalue weighted by molar-refractivity contribution is 0.506. The Morgan fingerprint density at radius 1 is 1.19 bits per heavy atom. The molecule has 90 valence electrons. The van der Waals surface area contributed by atoms with Crippen molar-refractivity contribution in [2.75, 3.05) is 20.6 Å². The topological polar surface area (TPSA) is 49.4 Å². The summed E-state index contributed by atoms with van der Waals surface area (Å²) in [5.41, 5.74) is 2.34. The van der Waals surface area contributed by atoms with E-state index >= 15 is 0 Å². The molecule has 0 bridgehead atoms. The van der Waals surface area contributed by atoms with Gasteiger partial charge in [0.2, 0.25) is 0 Å². The molecule has 0 aliphatic carbocycles. The Labute approximate surface area is 97.5 Å². The first-order valence-electron chi connectivity index (χ1n) is 5.14. The number of nitrogens with one attached hydrogen (secondary N) is 1. The van der Waals surface area contributed by atoms with E-state index in [1.165, 1.54) is 24.0 Å². The largest absolute Gasteiger partial charge is 0.278 e. The summed E-state index contributed by atoms with van der Waals surface area (Å²) in [6, 6.07) is 8.07. The highest BCUT2D eigenvalue weighted by atomic mass is 32.2. The second-order valence-electron chi connectivity index (χ2n) is 3.92. The van der Waals surface area contributed by atoms with Gasteiger partial charge in [-0.05, 0) is 18.9 Å². The third-order valence-corrected chi connectivity index (χ3v) is 3.83. The Bertz CT molecular complexity index is 424. The van der Waals surface area contributed by atoms with Crippen molar-refractivity contribution in [1.29, 1.82) is 0 Å². The molecule has 4 nitrogen and oxygen atoms in total. The molecule has 0 heterocycles. The molecule has 1 rings (SSSR count). The molecule has 0 amide bonds. The van der Waals surface area contributed by atoms with Gasteiger partial charge in [-0.25, -0.2) is 4.72 Å². The fourth-order valence-corrected chi connectivity index (χ4v) is 1.83. The first-order chi connectivity index (χ1) is 7.42. The van der Waals surface area contributed by atoms with Crippen LogP contribution in [0.1, 0.15) is 11.1 Å². The van der Waals surface area contributed by atoms with Crippen LogP contribution in [-0.2, 0) is 16.6 Å². The van der Waals surface area contributed by atoms with Crippen LogP contribution in [0.2, 0.25) is 0 Å². The van der Waals surface area contributed by atoms with E-state index in [9.17, 15) is 8.42 Å². The van der Waals surface area contributed by atoms with Crippen LogP contribution in [0.25, 0.3) is 0 Å². The van der Waals surface area contributed by atoms with Gasteiger partial charge in [0.05, 0.1) is 0 Å². The van der Waals surface area contributed by atoms with E-state index in [1.54, 1.807) is 0 Å². The molecule has 0 atom stereocenters. The highest BCUT2D eigenvalue weighted by molar-refractivity contribution is 7.87. The molecule has 1 N–H and O–H groups in total. The predicted molar refractivity (Wildman–Crippen MR) is 65.5 cm³/mol. The van der Waals surface area contributed by atoms with Crippen molar-refractivity contribution in [3.05, 3.63) is 35.4 Å². The normalized spacial score (nSPS) is 12.0. The van der Waals surface area contributed by atoms with Crippen molar-refractivity contribution >= 4 is 10.2 Å². The number of rotatable bonds is 5. The third-order valence-electron chi connectivity index (χ3n) is 2.30. The van der Waals surface area contributed by atoms with Crippen LogP contribution in [-0.4, -0.2) is 33.4 Å². The molecule has 0 aliphatic heterocycles. The van der Waals surface area contributed by atoms with Crippen LogP contribution in [0.5, 0.6) is 0 Å². The molecule has 0 spiro atoms. The van der Waals surface area contributed by atoms with Crippen LogP contribution in [0.4, 0.5) is 0 Å². The maximum atomic E-state index is 11.4. The monoisotopic (exact) mass is 242 g/mol. The summed E-state index contributed by atoms with van der Waals surface area (Å²) in [5, 5.41) is 0. The van der Waals surface area contributed by atoms with Crippen LogP contribution < -0.4 is 4.72 Å². The van der Waals surface area contributed by atoms with Gasteiger partial charge in [-0.15, -0.1) is 0 Å². The lowest BCUT2D eigenvalue weighted by Gasteiger charge is -2.12. The average molecular weight is 242 g/mol. The summed E-state index contributed by atoms with van der Waals surface area (Å²) in [4.78, 5) is 0. The molecule has 0 aliphatic rings. The molecule has 16 heavy (non-hydrogen) atoms. The molecular weight excluding hydrogens is 224 g/mol. The zero-order valence-electron chi connectivity index (χ0n) is 9.90. The molecule has 0 aromatic heterocycles. The summed E-state index contributed by atoms with van der Waals surface area (Å²) in [7, 11) is -0.277. The number of hydrogen-bond donors (Lipinski definition) is 1. The van der Waals surface area contributed by atoms with Crippen molar-refractivity contribution in [2.45, 2.75) is 13.3 Å². The molecule has 1 aromatic carbocycles. The highest BCUT2D eigenvalue weighted by Crippen LogP contribution is 2.03. The Morgan fingerprint density at radius 2 is 1.75 bits per heavy atom. The van der Waals surface area contributed by atoms with Gasteiger partial charge in [0.25, 0.3) is 10.2 Å². The second kappa shape index (κ2) is 5.43. The maximum absolute atomic E-state index is 11.4. The lowest BCUT2D eigenvalue weighted by Crippen LogP contribution is -2.36. The van der Waals surface area contributed by atoms with Gasteiger partial charge in [-0.2, -0.15) is 12.7 Å². The van der Waals surface area contributed by atoms with Crippen LogP contribution in [0.15, 0.2) is 24.3 Å². The number of nitrogens with zero attached hydrogens (tertiary/aromatic N) is 1. The van der Waals surface area contributed by atoms with Crippen molar-refractivity contribution in [3.8, 4) is 0 Å². The third kappa shape index (κ3) is 3.92. The van der Waals surface area contributed by atoms with Crippen LogP contribution >= 0.6 is 0 Å². The lowest BCUT2D eigenvalue weighted by atomic mass is 10.1. The standard InChI is InChI=1S/C11H18N2O2S/c1-10-4-6-11(7-5-10)8-9-12-16(14,15)13(2)3/h4-7,12H,8-9H2,1-3H3. The summed E-state index contributed by atoms with van der Waals surface area (Å²) in [5.74, 6) is 0. The number of hydrogen-bond acceptors (Lipinski definition) is 2. The second-order valence-corrected chi connectivity index (χ2v) is 5.89. The minimum atomic E-state index is -3.29. The molecule has 5 heteroatoms. The van der Waals surface area contributed by atoms with Gasteiger partial charge < -0.3 is 0 Å². The van der Waals surface area contributed by atoms with Crippen molar-refractivity contribution < 1.29 is 8.42 Å². The van der Waals surface area contributed by atoms with E-state index < -0.39 is 10.2 Å². The van der Waals surface area contributed by atoms with Gasteiger partial charge in [-0.1, -0.05) is 29.8 Å². The Balaban J connectivity index is 2.45. The van der Waals surface area contributed by atoms with Crippen molar-refractivity contribution in [1.82, 2.24) is 9.03 Å². The quantitative estimate of drug-likeness (QED) is 0.835. The Morgan fingerprint density at radius 3 is 2.25 bits per heavy atom. The first kappa shape index (κ1) is 13.2. The van der Waals surface area contributed by atoms with E-state index in [0.29, 0.717) is 13.0 Å². The molecule has 0 radical (unpaired) electrons. The molecule has 1 aromatic rings. The summed E-state index contributed by atoms with van der Waals surface area (Å²) < 4.78 is 26.5. The maximum Gasteiger partial charge on any atom is 0.278 e. The number of aryl methyl sites for hydroxylation is 1. The van der Waals surface area contributed by atoms with E-state index in [1.807, 2.05) is 31.2 Å². The SMILES string of the molecule is Cc1ccc(CCNS(=O)(=O)N(C)C)cc1. The average Bonchev–Trinajstić information content (AvgIpc) is 2.20. The van der Waals surface area contributed by atoms with Crippen LogP contribution in [0, 0.1) is 6.92 Å². The van der Waals surface area contributed by atoms with Gasteiger partial charge in [0, 0.05) is 20.6 Å². The van der Waals surface area contributed by atoms with Gasteiger partial charge in [0.1, 0.15) is 0 Å².